The fraction of sp³-hybridized carbons (Fsp3) is 0.222. The van der Waals surface area contributed by atoms with Crippen molar-refractivity contribution in [1.82, 2.24) is 0 Å². The third-order valence-corrected chi connectivity index (χ3v) is 2.79. The van der Waals surface area contributed by atoms with Crippen LogP contribution >= 0.6 is 35.0 Å². The molecule has 0 saturated heterocycles. The third kappa shape index (κ3) is 4.30. The van der Waals surface area contributed by atoms with Crippen molar-refractivity contribution < 1.29 is 9.90 Å². The number of carbonyl (C=O) groups is 1. The van der Waals surface area contributed by atoms with Crippen LogP contribution in [0, 0.1) is 0 Å². The lowest BCUT2D eigenvalue weighted by Crippen LogP contribution is -2.07. The maximum atomic E-state index is 11.3. The van der Waals surface area contributed by atoms with E-state index in [0.29, 0.717) is 21.5 Å². The molecule has 1 amide bonds. The van der Waals surface area contributed by atoms with Gasteiger partial charge in [0.2, 0.25) is 0 Å². The second-order valence-electron chi connectivity index (χ2n) is 2.61. The van der Waals surface area contributed by atoms with Gasteiger partial charge in [-0.25, -0.2) is 0 Å². The molecule has 0 unspecified atom stereocenters. The molecule has 1 aromatic carbocycles. The van der Waals surface area contributed by atoms with Crippen molar-refractivity contribution in [2.24, 2.45) is 0 Å². The Morgan fingerprint density at radius 1 is 1.47 bits per heavy atom. The quantitative estimate of drug-likeness (QED) is 0.882. The second-order valence-corrected chi connectivity index (χ2v) is 4.52. The minimum absolute atomic E-state index is 0.0353. The van der Waals surface area contributed by atoms with E-state index in [2.05, 4.69) is 5.32 Å². The van der Waals surface area contributed by atoms with Crippen LogP contribution in [0.2, 0.25) is 10.0 Å². The largest absolute Gasteiger partial charge is 0.396 e. The molecule has 0 aliphatic carbocycles. The average Bonchev–Trinajstić information content (AvgIpc) is 2.19. The van der Waals surface area contributed by atoms with Crippen molar-refractivity contribution in [1.29, 1.82) is 0 Å². The van der Waals surface area contributed by atoms with Crippen molar-refractivity contribution in [3.8, 4) is 0 Å². The van der Waals surface area contributed by atoms with Gasteiger partial charge in [0.15, 0.2) is 0 Å². The van der Waals surface area contributed by atoms with E-state index in [4.69, 9.17) is 28.3 Å². The summed E-state index contributed by atoms with van der Waals surface area (Å²) in [4.78, 5) is 11.3. The SMILES string of the molecule is O=C(Nc1ccc(Cl)cc1Cl)SCCO. The summed E-state index contributed by atoms with van der Waals surface area (Å²) in [6.07, 6.45) is 0. The number of aliphatic hydroxyl groups excluding tert-OH is 1. The highest BCUT2D eigenvalue weighted by Crippen LogP contribution is 2.26. The first-order chi connectivity index (χ1) is 7.13. The second kappa shape index (κ2) is 6.23. The Morgan fingerprint density at radius 3 is 2.80 bits per heavy atom. The summed E-state index contributed by atoms with van der Waals surface area (Å²) in [5, 5.41) is 11.8. The smallest absolute Gasteiger partial charge is 0.283 e. The van der Waals surface area contributed by atoms with Gasteiger partial charge in [-0.2, -0.15) is 0 Å². The molecular weight excluding hydrogens is 257 g/mol. The molecule has 0 aliphatic rings. The summed E-state index contributed by atoms with van der Waals surface area (Å²) in [7, 11) is 0. The first-order valence-corrected chi connectivity index (χ1v) is 5.87. The Balaban J connectivity index is 2.60. The first-order valence-electron chi connectivity index (χ1n) is 4.13. The molecule has 82 valence electrons. The summed E-state index contributed by atoms with van der Waals surface area (Å²) >= 11 is 12.5. The standard InChI is InChI=1S/C9H9Cl2NO2S/c10-6-1-2-8(7(11)5-6)12-9(14)15-4-3-13/h1-2,5,13H,3-4H2,(H,12,14). The highest BCUT2D eigenvalue weighted by atomic mass is 35.5. The minimum atomic E-state index is -0.256. The maximum Gasteiger partial charge on any atom is 0.283 e. The van der Waals surface area contributed by atoms with Crippen molar-refractivity contribution in [3.63, 3.8) is 0 Å². The van der Waals surface area contributed by atoms with Gasteiger partial charge in [0, 0.05) is 10.8 Å². The van der Waals surface area contributed by atoms with Crippen molar-refractivity contribution in [2.75, 3.05) is 17.7 Å². The molecule has 0 spiro atoms. The summed E-state index contributed by atoms with van der Waals surface area (Å²) in [6.45, 7) is -0.0353. The molecule has 0 saturated carbocycles. The van der Waals surface area contributed by atoms with E-state index in [1.54, 1.807) is 18.2 Å². The zero-order valence-electron chi connectivity index (χ0n) is 7.67. The predicted molar refractivity (Wildman–Crippen MR) is 65.0 cm³/mol. The van der Waals surface area contributed by atoms with Crippen LogP contribution in [0.3, 0.4) is 0 Å². The van der Waals surface area contributed by atoms with E-state index >= 15 is 0 Å². The highest BCUT2D eigenvalue weighted by Gasteiger charge is 2.06. The van der Waals surface area contributed by atoms with E-state index in [1.165, 1.54) is 0 Å². The summed E-state index contributed by atoms with van der Waals surface area (Å²) in [5.41, 5.74) is 0.511. The Hall–Kier alpha value is -0.420. The van der Waals surface area contributed by atoms with Gasteiger partial charge in [-0.1, -0.05) is 35.0 Å². The Bertz CT molecular complexity index is 360. The molecule has 15 heavy (non-hydrogen) atoms. The van der Waals surface area contributed by atoms with Gasteiger partial charge in [-0.05, 0) is 18.2 Å². The molecule has 1 aromatic rings. The summed E-state index contributed by atoms with van der Waals surface area (Å²) in [5.74, 6) is 0.358. The number of hydrogen-bond donors (Lipinski definition) is 2. The topological polar surface area (TPSA) is 49.3 Å². The number of thioether (sulfide) groups is 1. The van der Waals surface area contributed by atoms with Crippen LogP contribution in [0.5, 0.6) is 0 Å². The van der Waals surface area contributed by atoms with Crippen LogP contribution in [0.1, 0.15) is 0 Å². The van der Waals surface area contributed by atoms with Gasteiger partial charge in [0.05, 0.1) is 17.3 Å². The lowest BCUT2D eigenvalue weighted by molar-refractivity contribution is 0.269. The normalized spacial score (nSPS) is 10.1. The Labute approximate surface area is 102 Å². The van der Waals surface area contributed by atoms with Crippen molar-refractivity contribution in [3.05, 3.63) is 28.2 Å². The van der Waals surface area contributed by atoms with Gasteiger partial charge in [0.1, 0.15) is 0 Å². The number of hydrogen-bond acceptors (Lipinski definition) is 3. The molecule has 0 fully saturated rings. The number of carbonyl (C=O) groups excluding carboxylic acids is 1. The molecule has 2 N–H and O–H groups in total. The van der Waals surface area contributed by atoms with Crippen LogP contribution in [0.15, 0.2) is 18.2 Å². The van der Waals surface area contributed by atoms with Gasteiger partial charge >= 0.3 is 0 Å². The summed E-state index contributed by atoms with van der Waals surface area (Å²) in [6, 6.07) is 4.82. The van der Waals surface area contributed by atoms with Crippen molar-refractivity contribution >= 4 is 45.9 Å². The number of aliphatic hydroxyl groups is 1. The lowest BCUT2D eigenvalue weighted by Gasteiger charge is -2.06. The van der Waals surface area contributed by atoms with Crippen LogP contribution in [0.4, 0.5) is 10.5 Å². The Morgan fingerprint density at radius 2 is 2.20 bits per heavy atom. The number of nitrogens with one attached hydrogen (secondary N) is 1. The molecule has 0 atom stereocenters. The van der Waals surface area contributed by atoms with Gasteiger partial charge in [0.25, 0.3) is 5.24 Å². The van der Waals surface area contributed by atoms with Gasteiger partial charge in [-0.15, -0.1) is 0 Å². The number of anilines is 1. The van der Waals surface area contributed by atoms with E-state index in [9.17, 15) is 4.79 Å². The average molecular weight is 266 g/mol. The summed E-state index contributed by atoms with van der Waals surface area (Å²) < 4.78 is 0. The van der Waals surface area contributed by atoms with Gasteiger partial charge < -0.3 is 10.4 Å². The van der Waals surface area contributed by atoms with Crippen LogP contribution in [0.25, 0.3) is 0 Å². The molecular formula is C9H9Cl2NO2S. The van der Waals surface area contributed by atoms with Crippen LogP contribution in [-0.2, 0) is 0 Å². The first kappa shape index (κ1) is 12.6. The molecule has 0 aliphatic heterocycles. The number of halogens is 2. The minimum Gasteiger partial charge on any atom is -0.396 e. The molecule has 0 heterocycles. The van der Waals surface area contributed by atoms with Crippen molar-refractivity contribution in [2.45, 2.75) is 0 Å². The van der Waals surface area contributed by atoms with Crippen LogP contribution in [-0.4, -0.2) is 22.7 Å². The molecule has 1 rings (SSSR count). The molecule has 3 nitrogen and oxygen atoms in total. The number of rotatable bonds is 3. The third-order valence-electron chi connectivity index (χ3n) is 1.49. The molecule has 0 radical (unpaired) electrons. The lowest BCUT2D eigenvalue weighted by atomic mass is 10.3. The van der Waals surface area contributed by atoms with Gasteiger partial charge in [-0.3, -0.25) is 4.79 Å². The predicted octanol–water partition coefficient (Wildman–Crippen LogP) is 3.25. The van der Waals surface area contributed by atoms with E-state index < -0.39 is 0 Å². The fourth-order valence-corrected chi connectivity index (χ4v) is 1.79. The fourth-order valence-electron chi connectivity index (χ4n) is 0.875. The monoisotopic (exact) mass is 265 g/mol. The van der Waals surface area contributed by atoms with E-state index in [1.807, 2.05) is 0 Å². The maximum absolute atomic E-state index is 11.3. The molecule has 6 heteroatoms. The zero-order valence-corrected chi connectivity index (χ0v) is 9.99. The highest BCUT2D eigenvalue weighted by molar-refractivity contribution is 8.13. The molecule has 0 aromatic heterocycles. The molecule has 0 bridgehead atoms. The van der Waals surface area contributed by atoms with Crippen LogP contribution < -0.4 is 5.32 Å². The zero-order chi connectivity index (χ0) is 11.3. The number of amides is 1. The Kier molecular flexibility index (Phi) is 5.25. The van der Waals surface area contributed by atoms with E-state index in [0.717, 1.165) is 11.8 Å². The number of benzene rings is 1. The van der Waals surface area contributed by atoms with E-state index in [-0.39, 0.29) is 11.8 Å².